The Morgan fingerprint density at radius 3 is 2.38 bits per heavy atom. The molecule has 0 aliphatic carbocycles. The zero-order valence-electron chi connectivity index (χ0n) is 13.6. The lowest BCUT2D eigenvalue weighted by Crippen LogP contribution is -2.12. The van der Waals surface area contributed by atoms with E-state index in [2.05, 4.69) is 26.9 Å². The van der Waals surface area contributed by atoms with E-state index in [0.29, 0.717) is 10.7 Å². The second kappa shape index (κ2) is 6.84. The van der Waals surface area contributed by atoms with E-state index < -0.39 is 0 Å². The molecule has 1 amide bonds. The molecule has 1 aromatic heterocycles. The van der Waals surface area contributed by atoms with Crippen molar-refractivity contribution < 1.29 is 4.79 Å². The van der Waals surface area contributed by atoms with Gasteiger partial charge in [-0.15, -0.1) is 5.10 Å². The first-order valence-corrected chi connectivity index (χ1v) is 8.62. The van der Waals surface area contributed by atoms with Crippen molar-refractivity contribution in [2.75, 3.05) is 11.6 Å². The van der Waals surface area contributed by atoms with Crippen LogP contribution in [0.15, 0.2) is 47.6 Å². The maximum absolute atomic E-state index is 12.4. The van der Waals surface area contributed by atoms with Crippen molar-refractivity contribution >= 4 is 23.4 Å². The van der Waals surface area contributed by atoms with Gasteiger partial charge in [0.1, 0.15) is 0 Å². The van der Waals surface area contributed by atoms with Gasteiger partial charge in [0.15, 0.2) is 0 Å². The van der Waals surface area contributed by atoms with Crippen molar-refractivity contribution in [2.24, 2.45) is 0 Å². The van der Waals surface area contributed by atoms with Crippen LogP contribution in [0.3, 0.4) is 0 Å². The van der Waals surface area contributed by atoms with Gasteiger partial charge in [-0.1, -0.05) is 17.8 Å². The van der Waals surface area contributed by atoms with E-state index in [1.165, 1.54) is 11.8 Å². The molecule has 0 spiro atoms. The molecule has 7 heteroatoms. The van der Waals surface area contributed by atoms with Gasteiger partial charge in [0, 0.05) is 11.3 Å². The number of hydrogen-bond acceptors (Lipinski definition) is 5. The van der Waals surface area contributed by atoms with Gasteiger partial charge in [-0.2, -0.15) is 4.68 Å². The molecule has 1 heterocycles. The monoisotopic (exact) mass is 339 g/mol. The van der Waals surface area contributed by atoms with Crippen LogP contribution in [0.4, 0.5) is 5.69 Å². The van der Waals surface area contributed by atoms with Crippen LogP contribution < -0.4 is 5.32 Å². The highest BCUT2D eigenvalue weighted by Gasteiger charge is 2.10. The molecule has 0 fully saturated rings. The van der Waals surface area contributed by atoms with E-state index in [1.54, 1.807) is 16.8 Å². The summed E-state index contributed by atoms with van der Waals surface area (Å²) in [5.41, 5.74) is 4.42. The summed E-state index contributed by atoms with van der Waals surface area (Å²) in [6.07, 6.45) is 1.91. The summed E-state index contributed by atoms with van der Waals surface area (Å²) in [6.45, 7) is 4.01. The molecule has 0 saturated heterocycles. The number of hydrogen-bond donors (Lipinski definition) is 1. The Morgan fingerprint density at radius 2 is 1.75 bits per heavy atom. The number of anilines is 1. The highest BCUT2D eigenvalue weighted by Crippen LogP contribution is 2.18. The fraction of sp³-hybridized carbons (Fsp3) is 0.176. The number of tetrazole rings is 1. The normalized spacial score (nSPS) is 10.6. The number of nitrogens with one attached hydrogen (secondary N) is 1. The zero-order chi connectivity index (χ0) is 17.1. The van der Waals surface area contributed by atoms with Crippen molar-refractivity contribution in [1.82, 2.24) is 20.2 Å². The van der Waals surface area contributed by atoms with E-state index in [-0.39, 0.29) is 5.91 Å². The lowest BCUT2D eigenvalue weighted by atomic mass is 10.1. The van der Waals surface area contributed by atoms with Crippen LogP contribution in [0, 0.1) is 13.8 Å². The van der Waals surface area contributed by atoms with Crippen LogP contribution in [-0.2, 0) is 0 Å². The molecule has 3 rings (SSSR count). The summed E-state index contributed by atoms with van der Waals surface area (Å²) < 4.78 is 1.64. The predicted molar refractivity (Wildman–Crippen MR) is 94.8 cm³/mol. The Balaban J connectivity index is 1.79. The van der Waals surface area contributed by atoms with Crippen LogP contribution in [0.25, 0.3) is 5.69 Å². The lowest BCUT2D eigenvalue weighted by Gasteiger charge is -2.08. The number of carbonyl (C=O) groups excluding carboxylic acids is 1. The number of rotatable bonds is 4. The van der Waals surface area contributed by atoms with Gasteiger partial charge in [-0.25, -0.2) is 0 Å². The molecule has 24 heavy (non-hydrogen) atoms. The largest absolute Gasteiger partial charge is 0.322 e. The minimum absolute atomic E-state index is 0.145. The summed E-state index contributed by atoms with van der Waals surface area (Å²) in [6, 6.07) is 13.1. The van der Waals surface area contributed by atoms with Gasteiger partial charge >= 0.3 is 0 Å². The first-order chi connectivity index (χ1) is 11.6. The molecule has 0 atom stereocenters. The first-order valence-electron chi connectivity index (χ1n) is 7.39. The van der Waals surface area contributed by atoms with Crippen molar-refractivity contribution in [3.8, 4) is 5.69 Å². The van der Waals surface area contributed by atoms with E-state index in [0.717, 1.165) is 22.5 Å². The summed E-state index contributed by atoms with van der Waals surface area (Å²) in [5.74, 6) is -0.145. The third-order valence-corrected chi connectivity index (χ3v) is 4.10. The molecule has 0 radical (unpaired) electrons. The molecule has 6 nitrogen and oxygen atoms in total. The number of benzene rings is 2. The molecule has 0 aliphatic heterocycles. The number of amides is 1. The average Bonchev–Trinajstić information content (AvgIpc) is 3.02. The maximum atomic E-state index is 12.4. The van der Waals surface area contributed by atoms with Crippen LogP contribution >= 0.6 is 11.8 Å². The van der Waals surface area contributed by atoms with E-state index in [4.69, 9.17) is 0 Å². The molecule has 0 bridgehead atoms. The number of nitrogens with zero attached hydrogens (tertiary/aromatic N) is 4. The number of aryl methyl sites for hydroxylation is 2. The molecule has 1 N–H and O–H groups in total. The molecular weight excluding hydrogens is 322 g/mol. The van der Waals surface area contributed by atoms with Gasteiger partial charge in [0.25, 0.3) is 5.91 Å². The molecule has 0 unspecified atom stereocenters. The minimum Gasteiger partial charge on any atom is -0.322 e. The van der Waals surface area contributed by atoms with Gasteiger partial charge in [0.2, 0.25) is 5.16 Å². The zero-order valence-corrected chi connectivity index (χ0v) is 14.5. The third-order valence-electron chi connectivity index (χ3n) is 3.48. The summed E-state index contributed by atoms with van der Waals surface area (Å²) in [4.78, 5) is 12.4. The van der Waals surface area contributed by atoms with E-state index in [9.17, 15) is 4.79 Å². The van der Waals surface area contributed by atoms with Crippen molar-refractivity contribution in [3.63, 3.8) is 0 Å². The number of carbonyl (C=O) groups is 1. The highest BCUT2D eigenvalue weighted by molar-refractivity contribution is 7.98. The van der Waals surface area contributed by atoms with Crippen molar-refractivity contribution in [3.05, 3.63) is 59.2 Å². The topological polar surface area (TPSA) is 72.7 Å². The fourth-order valence-electron chi connectivity index (χ4n) is 2.47. The number of aromatic nitrogens is 4. The predicted octanol–water partition coefficient (Wildman–Crippen LogP) is 3.25. The van der Waals surface area contributed by atoms with Crippen LogP contribution in [0.1, 0.15) is 21.5 Å². The second-order valence-corrected chi connectivity index (χ2v) is 6.23. The quantitative estimate of drug-likeness (QED) is 0.739. The molecule has 0 aliphatic rings. The molecule has 3 aromatic rings. The first kappa shape index (κ1) is 16.2. The standard InChI is InChI=1S/C17H17N5OS/c1-11-8-12(2)10-14(9-11)18-16(23)13-4-6-15(7-5-13)22-17(24-3)19-20-21-22/h4-10H,1-3H3,(H,18,23). The minimum atomic E-state index is -0.145. The Hall–Kier alpha value is -2.67. The SMILES string of the molecule is CSc1nnnn1-c1ccc(C(=O)Nc2cc(C)cc(C)c2)cc1. The highest BCUT2D eigenvalue weighted by atomic mass is 32.2. The van der Waals surface area contributed by atoms with Gasteiger partial charge < -0.3 is 5.32 Å². The summed E-state index contributed by atoms with van der Waals surface area (Å²) in [7, 11) is 0. The van der Waals surface area contributed by atoms with Crippen molar-refractivity contribution in [2.45, 2.75) is 19.0 Å². The van der Waals surface area contributed by atoms with E-state index >= 15 is 0 Å². The molecule has 2 aromatic carbocycles. The van der Waals surface area contributed by atoms with Crippen LogP contribution in [0.5, 0.6) is 0 Å². The number of thioether (sulfide) groups is 1. The Bertz CT molecular complexity index is 853. The molecule has 0 saturated carbocycles. The second-order valence-electron chi connectivity index (χ2n) is 5.45. The average molecular weight is 339 g/mol. The maximum Gasteiger partial charge on any atom is 0.255 e. The van der Waals surface area contributed by atoms with E-state index in [1.807, 2.05) is 44.4 Å². The smallest absolute Gasteiger partial charge is 0.255 e. The van der Waals surface area contributed by atoms with Gasteiger partial charge in [-0.3, -0.25) is 4.79 Å². The van der Waals surface area contributed by atoms with Crippen LogP contribution in [-0.4, -0.2) is 32.4 Å². The van der Waals surface area contributed by atoms with Crippen LogP contribution in [0.2, 0.25) is 0 Å². The summed E-state index contributed by atoms with van der Waals surface area (Å²) in [5, 5.41) is 15.2. The van der Waals surface area contributed by atoms with Gasteiger partial charge in [-0.05, 0) is 78.1 Å². The fourth-order valence-corrected chi connectivity index (χ4v) is 2.91. The van der Waals surface area contributed by atoms with Crippen molar-refractivity contribution in [1.29, 1.82) is 0 Å². The Labute approximate surface area is 144 Å². The molecular formula is C17H17N5OS. The third kappa shape index (κ3) is 3.46. The Kier molecular flexibility index (Phi) is 4.61. The Morgan fingerprint density at radius 1 is 1.08 bits per heavy atom. The molecule has 122 valence electrons. The lowest BCUT2D eigenvalue weighted by molar-refractivity contribution is 0.102. The van der Waals surface area contributed by atoms with Gasteiger partial charge in [0.05, 0.1) is 5.69 Å². The summed E-state index contributed by atoms with van der Waals surface area (Å²) >= 11 is 1.46.